The Balaban J connectivity index is 2.18. The zero-order valence-electron chi connectivity index (χ0n) is 13.7. The zero-order chi connectivity index (χ0) is 17.3. The summed E-state index contributed by atoms with van der Waals surface area (Å²) in [6.07, 6.45) is -0.346. The first-order chi connectivity index (χ1) is 11.6. The van der Waals surface area contributed by atoms with E-state index in [-0.39, 0.29) is 46.5 Å². The van der Waals surface area contributed by atoms with Crippen LogP contribution >= 0.6 is 0 Å². The van der Waals surface area contributed by atoms with Crippen LogP contribution < -0.4 is 18.9 Å². The van der Waals surface area contributed by atoms with Gasteiger partial charge in [0.25, 0.3) is 0 Å². The molecule has 1 aliphatic heterocycles. The molecule has 24 heavy (non-hydrogen) atoms. The third-order valence-corrected chi connectivity index (χ3v) is 3.99. The number of carbonyl (C=O) groups excluding carboxylic acids is 1. The van der Waals surface area contributed by atoms with E-state index in [4.69, 9.17) is 18.9 Å². The largest absolute Gasteiger partial charge is 0.504 e. The Morgan fingerprint density at radius 3 is 2.21 bits per heavy atom. The number of fused-ring (bicyclic) bond motifs is 1. The molecule has 3 rings (SSSR count). The van der Waals surface area contributed by atoms with Crippen LogP contribution in [0.5, 0.6) is 28.7 Å². The topological polar surface area (TPSA) is 74.2 Å². The summed E-state index contributed by atoms with van der Waals surface area (Å²) in [5, 5.41) is 10.4. The number of ether oxygens (including phenoxy) is 4. The van der Waals surface area contributed by atoms with Gasteiger partial charge in [0.2, 0.25) is 17.2 Å². The quantitative estimate of drug-likeness (QED) is 0.928. The minimum Gasteiger partial charge on any atom is -0.504 e. The van der Waals surface area contributed by atoms with E-state index in [9.17, 15) is 9.90 Å². The van der Waals surface area contributed by atoms with Crippen LogP contribution in [-0.2, 0) is 0 Å². The van der Waals surface area contributed by atoms with Gasteiger partial charge in [0.15, 0.2) is 17.3 Å². The molecule has 0 aliphatic carbocycles. The van der Waals surface area contributed by atoms with Crippen molar-refractivity contribution in [3.8, 4) is 28.7 Å². The summed E-state index contributed by atoms with van der Waals surface area (Å²) >= 11 is 0. The lowest BCUT2D eigenvalue weighted by Crippen LogP contribution is -2.21. The smallest absolute Gasteiger partial charge is 0.211 e. The summed E-state index contributed by atoms with van der Waals surface area (Å²) in [6, 6.07) is 9.42. The highest BCUT2D eigenvalue weighted by Crippen LogP contribution is 2.56. The summed E-state index contributed by atoms with van der Waals surface area (Å²) in [7, 11) is 4.24. The van der Waals surface area contributed by atoms with Crippen LogP contribution in [0.2, 0.25) is 0 Å². The number of hydrogen-bond acceptors (Lipinski definition) is 6. The third-order valence-electron chi connectivity index (χ3n) is 3.99. The normalized spacial score (nSPS) is 16.1. The van der Waals surface area contributed by atoms with Gasteiger partial charge in [0.1, 0.15) is 11.7 Å². The van der Waals surface area contributed by atoms with Gasteiger partial charge in [-0.15, -0.1) is 0 Å². The Labute approximate surface area is 139 Å². The molecule has 1 N–H and O–H groups in total. The standard InChI is InChI=1S/C18H18O6/c1-21-16-14(20)13-11(19)9-12(10-7-5-4-6-8-10)24-15(13)17(22-2)18(16)23-3/h4-8,12,20H,9H2,1-3H3/t12-/m0/s1. The predicted molar refractivity (Wildman–Crippen MR) is 86.5 cm³/mol. The lowest BCUT2D eigenvalue weighted by molar-refractivity contribution is 0.0834. The number of phenolic OH excluding ortho intramolecular Hbond substituents is 1. The second kappa shape index (κ2) is 6.31. The van der Waals surface area contributed by atoms with Crippen LogP contribution in [0.1, 0.15) is 28.4 Å². The van der Waals surface area contributed by atoms with Crippen LogP contribution in [0.25, 0.3) is 0 Å². The van der Waals surface area contributed by atoms with E-state index in [1.165, 1.54) is 21.3 Å². The van der Waals surface area contributed by atoms with Crippen molar-refractivity contribution in [3.05, 3.63) is 41.5 Å². The molecule has 0 saturated heterocycles. The second-order valence-corrected chi connectivity index (χ2v) is 5.30. The second-order valence-electron chi connectivity index (χ2n) is 5.30. The molecular weight excluding hydrogens is 312 g/mol. The van der Waals surface area contributed by atoms with Gasteiger partial charge in [-0.3, -0.25) is 4.79 Å². The Bertz CT molecular complexity index is 769. The van der Waals surface area contributed by atoms with E-state index in [1.54, 1.807) is 0 Å². The van der Waals surface area contributed by atoms with Gasteiger partial charge in [-0.05, 0) is 5.56 Å². The molecule has 0 radical (unpaired) electrons. The molecule has 126 valence electrons. The SMILES string of the molecule is COc1c(O)c2c(c(OC)c1OC)O[C@H](c1ccccc1)CC2=O. The maximum absolute atomic E-state index is 12.6. The van der Waals surface area contributed by atoms with Crippen LogP contribution in [0.3, 0.4) is 0 Å². The molecule has 0 spiro atoms. The minimum absolute atomic E-state index is 0.0446. The molecule has 0 fully saturated rings. The number of carbonyl (C=O) groups is 1. The van der Waals surface area contributed by atoms with Crippen molar-refractivity contribution in [3.63, 3.8) is 0 Å². The molecule has 1 atom stereocenters. The van der Waals surface area contributed by atoms with E-state index in [1.807, 2.05) is 30.3 Å². The van der Waals surface area contributed by atoms with E-state index in [0.29, 0.717) is 0 Å². The number of benzene rings is 2. The monoisotopic (exact) mass is 330 g/mol. The Hall–Kier alpha value is -2.89. The maximum Gasteiger partial charge on any atom is 0.211 e. The molecule has 1 aliphatic rings. The molecule has 0 unspecified atom stereocenters. The third kappa shape index (κ3) is 2.40. The van der Waals surface area contributed by atoms with Crippen molar-refractivity contribution >= 4 is 5.78 Å². The van der Waals surface area contributed by atoms with Crippen molar-refractivity contribution in [1.82, 2.24) is 0 Å². The number of aromatic hydroxyl groups is 1. The molecule has 6 nitrogen and oxygen atoms in total. The Kier molecular flexibility index (Phi) is 4.20. The van der Waals surface area contributed by atoms with Crippen LogP contribution in [0.15, 0.2) is 30.3 Å². The number of hydrogen-bond donors (Lipinski definition) is 1. The Morgan fingerprint density at radius 2 is 1.62 bits per heavy atom. The van der Waals surface area contributed by atoms with E-state index in [0.717, 1.165) is 5.56 Å². The molecule has 0 saturated carbocycles. The van der Waals surface area contributed by atoms with Gasteiger partial charge >= 0.3 is 0 Å². The van der Waals surface area contributed by atoms with Gasteiger partial charge in [-0.1, -0.05) is 30.3 Å². The average Bonchev–Trinajstić information content (AvgIpc) is 2.61. The summed E-state index contributed by atoms with van der Waals surface area (Å²) in [4.78, 5) is 12.6. The molecular formula is C18H18O6. The van der Waals surface area contributed by atoms with Crippen LogP contribution in [0, 0.1) is 0 Å². The molecule has 2 aromatic carbocycles. The highest BCUT2D eigenvalue weighted by atomic mass is 16.6. The lowest BCUT2D eigenvalue weighted by atomic mass is 9.94. The fraction of sp³-hybridized carbons (Fsp3) is 0.278. The van der Waals surface area contributed by atoms with Crippen molar-refractivity contribution in [2.45, 2.75) is 12.5 Å². The Morgan fingerprint density at radius 1 is 1.00 bits per heavy atom. The zero-order valence-corrected chi connectivity index (χ0v) is 13.7. The first-order valence-corrected chi connectivity index (χ1v) is 7.42. The van der Waals surface area contributed by atoms with E-state index < -0.39 is 6.10 Å². The summed E-state index contributed by atoms with van der Waals surface area (Å²) in [5.41, 5.74) is 0.921. The minimum atomic E-state index is -0.461. The highest BCUT2D eigenvalue weighted by molar-refractivity contribution is 6.05. The van der Waals surface area contributed by atoms with E-state index >= 15 is 0 Å². The fourth-order valence-electron chi connectivity index (χ4n) is 2.89. The molecule has 0 amide bonds. The molecule has 0 bridgehead atoms. The van der Waals surface area contributed by atoms with Crippen molar-refractivity contribution in [2.24, 2.45) is 0 Å². The molecule has 6 heteroatoms. The average molecular weight is 330 g/mol. The molecule has 1 heterocycles. The summed E-state index contributed by atoms with van der Waals surface area (Å²) in [6.45, 7) is 0. The number of Topliss-reactive ketones (excluding diaryl/α,β-unsaturated/α-hetero) is 1. The first kappa shape index (κ1) is 16.0. The van der Waals surface area contributed by atoms with Gasteiger partial charge in [0, 0.05) is 0 Å². The lowest BCUT2D eigenvalue weighted by Gasteiger charge is -2.29. The number of ketones is 1. The van der Waals surface area contributed by atoms with Gasteiger partial charge in [-0.25, -0.2) is 0 Å². The number of methoxy groups -OCH3 is 3. The van der Waals surface area contributed by atoms with Crippen LogP contribution in [-0.4, -0.2) is 32.2 Å². The predicted octanol–water partition coefficient (Wildman–Crippen LogP) is 3.12. The first-order valence-electron chi connectivity index (χ1n) is 7.42. The number of rotatable bonds is 4. The van der Waals surface area contributed by atoms with Gasteiger partial charge in [0.05, 0.1) is 27.8 Å². The van der Waals surface area contributed by atoms with Gasteiger partial charge < -0.3 is 24.1 Å². The van der Waals surface area contributed by atoms with Crippen molar-refractivity contribution in [2.75, 3.05) is 21.3 Å². The van der Waals surface area contributed by atoms with Gasteiger partial charge in [-0.2, -0.15) is 0 Å². The highest BCUT2D eigenvalue weighted by Gasteiger charge is 2.37. The summed E-state index contributed by atoms with van der Waals surface area (Å²) < 4.78 is 21.8. The van der Waals surface area contributed by atoms with Crippen molar-refractivity contribution < 1.29 is 28.8 Å². The molecule has 2 aromatic rings. The van der Waals surface area contributed by atoms with Crippen LogP contribution in [0.4, 0.5) is 0 Å². The number of phenols is 1. The fourth-order valence-corrected chi connectivity index (χ4v) is 2.89. The van der Waals surface area contributed by atoms with E-state index in [2.05, 4.69) is 0 Å². The summed E-state index contributed by atoms with van der Waals surface area (Å²) in [5.74, 6) is 0.0541. The van der Waals surface area contributed by atoms with Crippen molar-refractivity contribution in [1.29, 1.82) is 0 Å². The molecule has 0 aromatic heterocycles. The maximum atomic E-state index is 12.6.